The van der Waals surface area contributed by atoms with Crippen LogP contribution in [0.15, 0.2) is 53.7 Å². The van der Waals surface area contributed by atoms with Crippen molar-refractivity contribution in [3.63, 3.8) is 0 Å². The lowest BCUT2D eigenvalue weighted by Crippen LogP contribution is -2.52. The third kappa shape index (κ3) is 3.27. The molecular formula is C20H23FN4O2S. The van der Waals surface area contributed by atoms with Gasteiger partial charge in [0.1, 0.15) is 11.5 Å². The molecule has 0 bridgehead atoms. The molecule has 0 saturated carbocycles. The number of anilines is 1. The number of likely N-dealkylation sites (N-methyl/N-ethyl adjacent to an activating group) is 1. The molecule has 2 aromatic heterocycles. The lowest BCUT2D eigenvalue weighted by atomic mass is 9.93. The Kier molecular flexibility index (Phi) is 4.84. The van der Waals surface area contributed by atoms with Crippen LogP contribution in [0.2, 0.25) is 0 Å². The second-order valence-corrected chi connectivity index (χ2v) is 9.27. The second-order valence-electron chi connectivity index (χ2n) is 7.33. The molecule has 1 aliphatic heterocycles. The predicted molar refractivity (Wildman–Crippen MR) is 107 cm³/mol. The van der Waals surface area contributed by atoms with Crippen molar-refractivity contribution in [2.24, 2.45) is 5.92 Å². The number of halogens is 1. The van der Waals surface area contributed by atoms with E-state index in [2.05, 4.69) is 21.8 Å². The highest BCUT2D eigenvalue weighted by molar-refractivity contribution is 7.89. The minimum absolute atomic E-state index is 0.000363. The van der Waals surface area contributed by atoms with E-state index in [1.807, 2.05) is 25.4 Å². The van der Waals surface area contributed by atoms with Gasteiger partial charge in [0.25, 0.3) is 0 Å². The van der Waals surface area contributed by atoms with Crippen LogP contribution in [-0.2, 0) is 10.0 Å². The maximum absolute atomic E-state index is 13.6. The Morgan fingerprint density at radius 3 is 2.89 bits per heavy atom. The summed E-state index contributed by atoms with van der Waals surface area (Å²) in [5, 5.41) is 1.00. The maximum atomic E-state index is 13.6. The average Bonchev–Trinajstić information content (AvgIpc) is 3.16. The molecule has 1 aromatic carbocycles. The smallest absolute Gasteiger partial charge is 0.243 e. The number of fused-ring (bicyclic) bond motifs is 1. The van der Waals surface area contributed by atoms with Crippen molar-refractivity contribution in [2.45, 2.75) is 24.3 Å². The van der Waals surface area contributed by atoms with Crippen molar-refractivity contribution in [1.29, 1.82) is 0 Å². The molecule has 3 aromatic rings. The summed E-state index contributed by atoms with van der Waals surface area (Å²) in [6, 6.07) is 9.13. The zero-order chi connectivity index (χ0) is 19.9. The molecule has 4 rings (SSSR count). The molecule has 0 spiro atoms. The fourth-order valence-corrected chi connectivity index (χ4v) is 5.46. The third-order valence-corrected chi connectivity index (χ3v) is 7.49. The highest BCUT2D eigenvalue weighted by Crippen LogP contribution is 2.32. The molecule has 1 fully saturated rings. The Labute approximate surface area is 164 Å². The fraction of sp³-hybridized carbons (Fsp3) is 0.350. The molecule has 148 valence electrons. The maximum Gasteiger partial charge on any atom is 0.243 e. The molecule has 0 unspecified atom stereocenters. The summed E-state index contributed by atoms with van der Waals surface area (Å²) in [6.07, 6.45) is 4.34. The van der Waals surface area contributed by atoms with Gasteiger partial charge in [-0.05, 0) is 42.7 Å². The van der Waals surface area contributed by atoms with Crippen molar-refractivity contribution in [1.82, 2.24) is 14.3 Å². The molecule has 1 aliphatic rings. The van der Waals surface area contributed by atoms with Crippen LogP contribution in [0.1, 0.15) is 13.3 Å². The van der Waals surface area contributed by atoms with E-state index in [1.165, 1.54) is 22.5 Å². The van der Waals surface area contributed by atoms with Crippen LogP contribution < -0.4 is 4.90 Å². The van der Waals surface area contributed by atoms with E-state index in [-0.39, 0.29) is 10.9 Å². The van der Waals surface area contributed by atoms with Crippen LogP contribution in [0, 0.1) is 11.7 Å². The first-order valence-corrected chi connectivity index (χ1v) is 10.7. The van der Waals surface area contributed by atoms with E-state index in [1.54, 1.807) is 6.20 Å². The Bertz CT molecular complexity index is 1100. The van der Waals surface area contributed by atoms with E-state index in [4.69, 9.17) is 0 Å². The SMILES string of the molecule is C[C@@H]1CCN(S(=O)(=O)c2cccc(F)c2)C[C@@H]1N(C)c1ccnc2[nH]ccc12. The Morgan fingerprint density at radius 2 is 2.11 bits per heavy atom. The summed E-state index contributed by atoms with van der Waals surface area (Å²) in [7, 11) is -1.75. The van der Waals surface area contributed by atoms with Gasteiger partial charge >= 0.3 is 0 Å². The van der Waals surface area contributed by atoms with E-state index in [9.17, 15) is 12.8 Å². The Hall–Kier alpha value is -2.45. The summed E-state index contributed by atoms with van der Waals surface area (Å²) in [4.78, 5) is 9.57. The lowest BCUT2D eigenvalue weighted by molar-refractivity contribution is 0.247. The Morgan fingerprint density at radius 1 is 1.29 bits per heavy atom. The molecule has 1 N–H and O–H groups in total. The first kappa shape index (κ1) is 18.9. The molecule has 0 radical (unpaired) electrons. The molecule has 28 heavy (non-hydrogen) atoms. The summed E-state index contributed by atoms with van der Waals surface area (Å²) in [5.74, 6) is -0.238. The molecule has 6 nitrogen and oxygen atoms in total. The van der Waals surface area contributed by atoms with Gasteiger partial charge in [-0.1, -0.05) is 13.0 Å². The number of rotatable bonds is 4. The van der Waals surface area contributed by atoms with Gasteiger partial charge in [0, 0.05) is 49.6 Å². The van der Waals surface area contributed by atoms with Gasteiger partial charge < -0.3 is 9.88 Å². The van der Waals surface area contributed by atoms with Crippen molar-refractivity contribution in [3.05, 3.63) is 54.6 Å². The first-order valence-electron chi connectivity index (χ1n) is 9.28. The van der Waals surface area contributed by atoms with Crippen LogP contribution in [0.4, 0.5) is 10.1 Å². The monoisotopic (exact) mass is 402 g/mol. The summed E-state index contributed by atoms with van der Waals surface area (Å²) >= 11 is 0. The van der Waals surface area contributed by atoms with Gasteiger partial charge in [-0.3, -0.25) is 0 Å². The number of sulfonamides is 1. The van der Waals surface area contributed by atoms with Crippen LogP contribution in [0.3, 0.4) is 0 Å². The number of benzene rings is 1. The van der Waals surface area contributed by atoms with Crippen LogP contribution in [-0.4, -0.2) is 48.9 Å². The van der Waals surface area contributed by atoms with Crippen molar-refractivity contribution < 1.29 is 12.8 Å². The van der Waals surface area contributed by atoms with E-state index in [0.29, 0.717) is 19.0 Å². The predicted octanol–water partition coefficient (Wildman–Crippen LogP) is 3.24. The number of aromatic amines is 1. The van der Waals surface area contributed by atoms with Gasteiger partial charge in [-0.2, -0.15) is 4.31 Å². The van der Waals surface area contributed by atoms with Crippen LogP contribution in [0.25, 0.3) is 11.0 Å². The van der Waals surface area contributed by atoms with E-state index >= 15 is 0 Å². The summed E-state index contributed by atoms with van der Waals surface area (Å²) in [5.41, 5.74) is 1.81. The third-order valence-electron chi connectivity index (χ3n) is 5.63. The molecule has 2 atom stereocenters. The summed E-state index contributed by atoms with van der Waals surface area (Å²) in [6.45, 7) is 2.92. The lowest BCUT2D eigenvalue weighted by Gasteiger charge is -2.42. The second kappa shape index (κ2) is 7.18. The first-order chi connectivity index (χ1) is 13.4. The van der Waals surface area contributed by atoms with Crippen molar-refractivity contribution in [3.8, 4) is 0 Å². The normalized spacial score (nSPS) is 21.1. The van der Waals surface area contributed by atoms with Gasteiger partial charge in [-0.25, -0.2) is 17.8 Å². The quantitative estimate of drug-likeness (QED) is 0.727. The highest BCUT2D eigenvalue weighted by Gasteiger charge is 2.36. The number of hydrogen-bond acceptors (Lipinski definition) is 4. The van der Waals surface area contributed by atoms with Gasteiger partial charge in [0.2, 0.25) is 10.0 Å². The topological polar surface area (TPSA) is 69.3 Å². The minimum atomic E-state index is -3.74. The molecule has 1 saturated heterocycles. The number of hydrogen-bond donors (Lipinski definition) is 1. The Balaban J connectivity index is 1.64. The number of pyridine rings is 1. The number of H-pyrrole nitrogens is 1. The highest BCUT2D eigenvalue weighted by atomic mass is 32.2. The molecule has 0 aliphatic carbocycles. The average molecular weight is 402 g/mol. The van der Waals surface area contributed by atoms with Crippen molar-refractivity contribution >= 4 is 26.7 Å². The summed E-state index contributed by atoms with van der Waals surface area (Å²) < 4.78 is 41.1. The van der Waals surface area contributed by atoms with Gasteiger partial charge in [0.05, 0.1) is 4.90 Å². The van der Waals surface area contributed by atoms with Crippen LogP contribution >= 0.6 is 0 Å². The molecule has 3 heterocycles. The number of nitrogens with zero attached hydrogens (tertiary/aromatic N) is 3. The largest absolute Gasteiger partial charge is 0.369 e. The minimum Gasteiger partial charge on any atom is -0.369 e. The number of nitrogens with one attached hydrogen (secondary N) is 1. The zero-order valence-corrected chi connectivity index (χ0v) is 16.7. The van der Waals surface area contributed by atoms with E-state index < -0.39 is 15.8 Å². The fourth-order valence-electron chi connectivity index (χ4n) is 3.95. The van der Waals surface area contributed by atoms with E-state index in [0.717, 1.165) is 29.2 Å². The molecule has 0 amide bonds. The van der Waals surface area contributed by atoms with Crippen molar-refractivity contribution in [2.75, 3.05) is 25.0 Å². The molecule has 8 heteroatoms. The molecular weight excluding hydrogens is 379 g/mol. The zero-order valence-electron chi connectivity index (χ0n) is 15.8. The van der Waals surface area contributed by atoms with Gasteiger partial charge in [-0.15, -0.1) is 0 Å². The van der Waals surface area contributed by atoms with Crippen LogP contribution in [0.5, 0.6) is 0 Å². The van der Waals surface area contributed by atoms with Gasteiger partial charge in [0.15, 0.2) is 0 Å². The number of piperidine rings is 1. The number of aromatic nitrogens is 2. The standard InChI is InChI=1S/C20H23FN4O2S/c1-14-8-11-25(28(26,27)16-5-3-4-15(21)12-16)13-19(14)24(2)18-7-10-23-20-17(18)6-9-22-20/h3-7,9-10,12,14,19H,8,11,13H2,1-2H3,(H,22,23)/t14-,19+/m1/s1.